The second-order valence-corrected chi connectivity index (χ2v) is 7.62. The number of halogens is 1. The zero-order valence-electron chi connectivity index (χ0n) is 17.8. The molecule has 2 aromatic carbocycles. The van der Waals surface area contributed by atoms with E-state index in [9.17, 15) is 9.18 Å². The molecule has 8 nitrogen and oxygen atoms in total. The number of rotatable bonds is 5. The minimum absolute atomic E-state index is 0.0942. The van der Waals surface area contributed by atoms with Gasteiger partial charge in [-0.2, -0.15) is 0 Å². The van der Waals surface area contributed by atoms with Crippen molar-refractivity contribution in [1.29, 1.82) is 0 Å². The van der Waals surface area contributed by atoms with E-state index in [0.717, 1.165) is 27.9 Å². The zero-order chi connectivity index (χ0) is 22.8. The van der Waals surface area contributed by atoms with Gasteiger partial charge in [0.25, 0.3) is 0 Å². The third-order valence-corrected chi connectivity index (χ3v) is 5.53. The summed E-state index contributed by atoms with van der Waals surface area (Å²) in [5, 5.41) is 3.49. The van der Waals surface area contributed by atoms with Crippen LogP contribution >= 0.6 is 0 Å². The van der Waals surface area contributed by atoms with Gasteiger partial charge in [-0.1, -0.05) is 12.1 Å². The van der Waals surface area contributed by atoms with E-state index in [4.69, 9.17) is 14.9 Å². The number of carbonyl (C=O) groups is 1. The fourth-order valence-electron chi connectivity index (χ4n) is 3.95. The predicted molar refractivity (Wildman–Crippen MR) is 123 cm³/mol. The number of hydrogen-bond acceptors (Lipinski definition) is 7. The molecule has 1 amide bonds. The number of morpholine rings is 1. The number of ether oxygens (including phenoxy) is 1. The van der Waals surface area contributed by atoms with E-state index in [1.54, 1.807) is 24.3 Å². The monoisotopic (exact) mass is 447 g/mol. The van der Waals surface area contributed by atoms with Crippen molar-refractivity contribution in [2.45, 2.75) is 0 Å². The molecule has 3 N–H and O–H groups in total. The Hall–Kier alpha value is -3.82. The Balaban J connectivity index is 1.67. The molecule has 1 aliphatic heterocycles. The molecule has 0 radical (unpaired) electrons. The molecular formula is C24H22FN5O3. The van der Waals surface area contributed by atoms with E-state index in [-0.39, 0.29) is 18.3 Å². The minimum atomic E-state index is -0.322. The van der Waals surface area contributed by atoms with Crippen molar-refractivity contribution in [3.05, 3.63) is 60.7 Å². The lowest BCUT2D eigenvalue weighted by molar-refractivity contribution is -0.114. The molecule has 0 atom stereocenters. The van der Waals surface area contributed by atoms with Crippen molar-refractivity contribution >= 4 is 28.5 Å². The van der Waals surface area contributed by atoms with Gasteiger partial charge in [0.15, 0.2) is 0 Å². The molecule has 5 rings (SSSR count). The third kappa shape index (κ3) is 4.15. The molecule has 0 spiro atoms. The number of benzene rings is 2. The van der Waals surface area contributed by atoms with E-state index >= 15 is 0 Å². The summed E-state index contributed by atoms with van der Waals surface area (Å²) in [7, 11) is 0. The van der Waals surface area contributed by atoms with Gasteiger partial charge >= 0.3 is 0 Å². The highest BCUT2D eigenvalue weighted by Gasteiger charge is 2.25. The van der Waals surface area contributed by atoms with Crippen LogP contribution in [0.15, 0.2) is 59.3 Å². The Bertz CT molecular complexity index is 1280. The van der Waals surface area contributed by atoms with Crippen LogP contribution in [0.3, 0.4) is 0 Å². The molecule has 2 aromatic heterocycles. The Morgan fingerprint density at radius 2 is 1.73 bits per heavy atom. The van der Waals surface area contributed by atoms with Crippen LogP contribution in [0.5, 0.6) is 0 Å². The van der Waals surface area contributed by atoms with Gasteiger partial charge in [0.1, 0.15) is 23.7 Å². The Kier molecular flexibility index (Phi) is 5.72. The van der Waals surface area contributed by atoms with Gasteiger partial charge in [-0.3, -0.25) is 4.79 Å². The van der Waals surface area contributed by atoms with Gasteiger partial charge in [-0.25, -0.2) is 14.4 Å². The lowest BCUT2D eigenvalue weighted by Gasteiger charge is -2.28. The van der Waals surface area contributed by atoms with Crippen LogP contribution in [-0.2, 0) is 9.53 Å². The van der Waals surface area contributed by atoms with Crippen molar-refractivity contribution in [3.63, 3.8) is 0 Å². The molecule has 0 saturated carbocycles. The maximum absolute atomic E-state index is 13.7. The first kappa shape index (κ1) is 21.0. The first-order chi connectivity index (χ1) is 16.1. The summed E-state index contributed by atoms with van der Waals surface area (Å²) in [4.78, 5) is 22.7. The van der Waals surface area contributed by atoms with Gasteiger partial charge in [0, 0.05) is 29.9 Å². The molecule has 9 heteroatoms. The standard InChI is InChI=1S/C24H22FN5O3/c25-17-5-1-15(2-6-17)20-21-23(30-9-11-32-12-10-30)27-14-28-24(21)33-22(20)16-3-7-18(8-4-16)29-19(31)13-26/h1-8,14H,9-13,26H2,(H,29,31). The van der Waals surface area contributed by atoms with Crippen molar-refractivity contribution in [2.24, 2.45) is 5.73 Å². The minimum Gasteiger partial charge on any atom is -0.437 e. The Labute approximate surface area is 189 Å². The molecule has 4 aromatic rings. The normalized spacial score (nSPS) is 13.9. The summed E-state index contributed by atoms with van der Waals surface area (Å²) < 4.78 is 25.4. The molecule has 1 fully saturated rings. The van der Waals surface area contributed by atoms with Crippen LogP contribution in [0.4, 0.5) is 15.9 Å². The third-order valence-electron chi connectivity index (χ3n) is 5.53. The lowest BCUT2D eigenvalue weighted by Crippen LogP contribution is -2.36. The average Bonchev–Trinajstić information content (AvgIpc) is 3.25. The first-order valence-corrected chi connectivity index (χ1v) is 10.6. The maximum atomic E-state index is 13.7. The molecule has 3 heterocycles. The smallest absolute Gasteiger partial charge is 0.238 e. The van der Waals surface area contributed by atoms with Crippen molar-refractivity contribution in [2.75, 3.05) is 43.1 Å². The SMILES string of the molecule is NCC(=O)Nc1ccc(-c2oc3ncnc(N4CCOCC4)c3c2-c2ccc(F)cc2)cc1. The number of amides is 1. The van der Waals surface area contributed by atoms with Crippen LogP contribution < -0.4 is 16.0 Å². The lowest BCUT2D eigenvalue weighted by atomic mass is 9.99. The molecular weight excluding hydrogens is 425 g/mol. The van der Waals surface area contributed by atoms with Crippen LogP contribution in [-0.4, -0.2) is 48.7 Å². The highest BCUT2D eigenvalue weighted by Crippen LogP contribution is 2.43. The van der Waals surface area contributed by atoms with E-state index in [0.29, 0.717) is 43.5 Å². The number of hydrogen-bond donors (Lipinski definition) is 2. The van der Waals surface area contributed by atoms with Crippen LogP contribution in [0.1, 0.15) is 0 Å². The number of fused-ring (bicyclic) bond motifs is 1. The average molecular weight is 447 g/mol. The van der Waals surface area contributed by atoms with Crippen molar-refractivity contribution in [1.82, 2.24) is 9.97 Å². The summed E-state index contributed by atoms with van der Waals surface area (Å²) in [5.41, 5.74) is 8.80. The van der Waals surface area contributed by atoms with Gasteiger partial charge in [0.05, 0.1) is 25.1 Å². The summed E-state index contributed by atoms with van der Waals surface area (Å²) >= 11 is 0. The number of nitrogens with one attached hydrogen (secondary N) is 1. The number of nitrogens with two attached hydrogens (primary N) is 1. The second-order valence-electron chi connectivity index (χ2n) is 7.62. The van der Waals surface area contributed by atoms with Gasteiger partial charge in [-0.15, -0.1) is 0 Å². The van der Waals surface area contributed by atoms with E-state index < -0.39 is 0 Å². The molecule has 33 heavy (non-hydrogen) atoms. The highest BCUT2D eigenvalue weighted by molar-refractivity contribution is 6.06. The predicted octanol–water partition coefficient (Wildman–Crippen LogP) is 3.43. The van der Waals surface area contributed by atoms with E-state index in [1.165, 1.54) is 18.5 Å². The zero-order valence-corrected chi connectivity index (χ0v) is 17.8. The van der Waals surface area contributed by atoms with Crippen LogP contribution in [0.2, 0.25) is 0 Å². The quantitative estimate of drug-likeness (QED) is 0.483. The Morgan fingerprint density at radius 3 is 2.42 bits per heavy atom. The number of nitrogens with zero attached hydrogens (tertiary/aromatic N) is 3. The number of anilines is 2. The molecule has 0 bridgehead atoms. The van der Waals surface area contributed by atoms with Gasteiger partial charge < -0.3 is 25.1 Å². The Morgan fingerprint density at radius 1 is 1.03 bits per heavy atom. The first-order valence-electron chi connectivity index (χ1n) is 10.6. The molecule has 0 aliphatic carbocycles. The van der Waals surface area contributed by atoms with Gasteiger partial charge in [-0.05, 0) is 42.0 Å². The number of aromatic nitrogens is 2. The van der Waals surface area contributed by atoms with Crippen LogP contribution in [0.25, 0.3) is 33.6 Å². The molecule has 1 saturated heterocycles. The van der Waals surface area contributed by atoms with Crippen molar-refractivity contribution < 1.29 is 18.3 Å². The number of carbonyl (C=O) groups excluding carboxylic acids is 1. The fraction of sp³-hybridized carbons (Fsp3) is 0.208. The van der Waals surface area contributed by atoms with Gasteiger partial charge in [0.2, 0.25) is 11.6 Å². The fourth-order valence-corrected chi connectivity index (χ4v) is 3.95. The largest absolute Gasteiger partial charge is 0.437 e. The van der Waals surface area contributed by atoms with E-state index in [1.807, 2.05) is 12.1 Å². The summed E-state index contributed by atoms with van der Waals surface area (Å²) in [5.74, 6) is 0.745. The molecule has 1 aliphatic rings. The number of furan rings is 1. The summed E-state index contributed by atoms with van der Waals surface area (Å²) in [6.45, 7) is 2.52. The molecule has 168 valence electrons. The maximum Gasteiger partial charge on any atom is 0.238 e. The van der Waals surface area contributed by atoms with Crippen molar-refractivity contribution in [3.8, 4) is 22.5 Å². The molecule has 0 unspecified atom stereocenters. The van der Waals surface area contributed by atoms with E-state index in [2.05, 4.69) is 20.2 Å². The van der Waals surface area contributed by atoms with Crippen LogP contribution in [0, 0.1) is 5.82 Å². The summed E-state index contributed by atoms with van der Waals surface area (Å²) in [6.07, 6.45) is 1.49. The topological polar surface area (TPSA) is 107 Å². The second kappa shape index (κ2) is 8.97. The highest BCUT2D eigenvalue weighted by atomic mass is 19.1. The summed E-state index contributed by atoms with van der Waals surface area (Å²) in [6, 6.07) is 13.5.